The second kappa shape index (κ2) is 5.77. The predicted octanol–water partition coefficient (Wildman–Crippen LogP) is 1.71. The van der Waals surface area contributed by atoms with E-state index in [0.717, 1.165) is 12.0 Å². The highest BCUT2D eigenvalue weighted by molar-refractivity contribution is 5.92. The van der Waals surface area contributed by atoms with Crippen molar-refractivity contribution in [3.05, 3.63) is 29.6 Å². The molecule has 0 aromatic carbocycles. The molecular weight excluding hydrogens is 214 g/mol. The van der Waals surface area contributed by atoms with Gasteiger partial charge in [0.1, 0.15) is 5.69 Å². The fourth-order valence-electron chi connectivity index (χ4n) is 1.32. The highest BCUT2D eigenvalue weighted by Crippen LogP contribution is 2.16. The first-order valence-electron chi connectivity index (χ1n) is 5.85. The maximum absolute atomic E-state index is 11.7. The van der Waals surface area contributed by atoms with Crippen LogP contribution in [0.4, 0.5) is 0 Å². The minimum Gasteiger partial charge on any atom is -0.351 e. The summed E-state index contributed by atoms with van der Waals surface area (Å²) in [6.07, 6.45) is 2.58. The summed E-state index contributed by atoms with van der Waals surface area (Å²) in [5, 5.41) is 2.86. The van der Waals surface area contributed by atoms with E-state index in [0.29, 0.717) is 18.8 Å². The average Bonchev–Trinajstić information content (AvgIpc) is 2.27. The third-order valence-corrected chi connectivity index (χ3v) is 2.45. The summed E-state index contributed by atoms with van der Waals surface area (Å²) in [5.41, 5.74) is 7.06. The highest BCUT2D eigenvalue weighted by Gasteiger charge is 2.11. The number of carbonyl (C=O) groups excluding carboxylic acids is 1. The van der Waals surface area contributed by atoms with Crippen molar-refractivity contribution in [2.75, 3.05) is 6.54 Å². The van der Waals surface area contributed by atoms with E-state index in [2.05, 4.69) is 31.1 Å². The molecule has 4 heteroatoms. The van der Waals surface area contributed by atoms with E-state index in [1.54, 1.807) is 12.3 Å². The van der Waals surface area contributed by atoms with Crippen LogP contribution in [0, 0.1) is 5.41 Å². The number of hydrogen-bond acceptors (Lipinski definition) is 3. The molecule has 94 valence electrons. The summed E-state index contributed by atoms with van der Waals surface area (Å²) < 4.78 is 0. The van der Waals surface area contributed by atoms with Crippen molar-refractivity contribution >= 4 is 5.91 Å². The largest absolute Gasteiger partial charge is 0.351 e. The zero-order valence-electron chi connectivity index (χ0n) is 10.8. The third-order valence-electron chi connectivity index (χ3n) is 2.45. The molecule has 0 radical (unpaired) electrons. The highest BCUT2D eigenvalue weighted by atomic mass is 16.1. The summed E-state index contributed by atoms with van der Waals surface area (Å²) in [7, 11) is 0. The van der Waals surface area contributed by atoms with E-state index >= 15 is 0 Å². The minimum atomic E-state index is -0.127. The van der Waals surface area contributed by atoms with E-state index in [1.807, 2.05) is 6.07 Å². The molecule has 0 fully saturated rings. The Hall–Kier alpha value is -1.42. The lowest BCUT2D eigenvalue weighted by molar-refractivity contribution is 0.0944. The number of aromatic nitrogens is 1. The van der Waals surface area contributed by atoms with Gasteiger partial charge in [0.25, 0.3) is 5.91 Å². The Kier molecular flexibility index (Phi) is 4.63. The van der Waals surface area contributed by atoms with Gasteiger partial charge in [-0.05, 0) is 23.5 Å². The fraction of sp³-hybridized carbons (Fsp3) is 0.538. The SMILES string of the molecule is CC(C)(C)CCNC(=O)c1ccc(CN)cn1. The minimum absolute atomic E-state index is 0.127. The number of amides is 1. The quantitative estimate of drug-likeness (QED) is 0.834. The Labute approximate surface area is 103 Å². The van der Waals surface area contributed by atoms with E-state index in [4.69, 9.17) is 5.73 Å². The van der Waals surface area contributed by atoms with Gasteiger partial charge in [-0.3, -0.25) is 9.78 Å². The van der Waals surface area contributed by atoms with Gasteiger partial charge < -0.3 is 11.1 Å². The molecule has 0 saturated carbocycles. The number of rotatable bonds is 4. The normalized spacial score (nSPS) is 11.3. The summed E-state index contributed by atoms with van der Waals surface area (Å²) in [6, 6.07) is 3.53. The lowest BCUT2D eigenvalue weighted by atomic mass is 9.92. The molecule has 1 rings (SSSR count). The standard InChI is InChI=1S/C13H21N3O/c1-13(2,3)6-7-15-12(17)11-5-4-10(8-14)9-16-11/h4-5,9H,6-8,14H2,1-3H3,(H,15,17). The predicted molar refractivity (Wildman–Crippen MR) is 68.5 cm³/mol. The molecule has 1 aromatic heterocycles. The van der Waals surface area contributed by atoms with Crippen LogP contribution in [-0.2, 0) is 6.54 Å². The fourth-order valence-corrected chi connectivity index (χ4v) is 1.32. The lowest BCUT2D eigenvalue weighted by Gasteiger charge is -2.17. The summed E-state index contributed by atoms with van der Waals surface area (Å²) in [6.45, 7) is 7.55. The smallest absolute Gasteiger partial charge is 0.269 e. The van der Waals surface area contributed by atoms with E-state index in [9.17, 15) is 4.79 Å². The van der Waals surface area contributed by atoms with Crippen LogP contribution in [0.1, 0.15) is 43.2 Å². The van der Waals surface area contributed by atoms with Gasteiger partial charge in [0.15, 0.2) is 0 Å². The van der Waals surface area contributed by atoms with Gasteiger partial charge in [0, 0.05) is 19.3 Å². The van der Waals surface area contributed by atoms with Crippen molar-refractivity contribution in [1.29, 1.82) is 0 Å². The number of nitrogens with two attached hydrogens (primary N) is 1. The Bertz CT molecular complexity index is 365. The monoisotopic (exact) mass is 235 g/mol. The Morgan fingerprint density at radius 3 is 2.59 bits per heavy atom. The number of nitrogens with one attached hydrogen (secondary N) is 1. The summed E-state index contributed by atoms with van der Waals surface area (Å²) in [5.74, 6) is -0.127. The van der Waals surface area contributed by atoms with Gasteiger partial charge in [-0.15, -0.1) is 0 Å². The average molecular weight is 235 g/mol. The van der Waals surface area contributed by atoms with Gasteiger partial charge in [-0.25, -0.2) is 0 Å². The molecule has 0 aliphatic heterocycles. The van der Waals surface area contributed by atoms with Gasteiger partial charge in [-0.1, -0.05) is 26.8 Å². The van der Waals surface area contributed by atoms with E-state index in [1.165, 1.54) is 0 Å². The molecule has 1 heterocycles. The molecule has 0 aliphatic carbocycles. The maximum Gasteiger partial charge on any atom is 0.269 e. The molecule has 17 heavy (non-hydrogen) atoms. The zero-order valence-corrected chi connectivity index (χ0v) is 10.8. The first kappa shape index (κ1) is 13.6. The number of pyridine rings is 1. The molecule has 0 aliphatic rings. The zero-order chi connectivity index (χ0) is 12.9. The molecule has 0 atom stereocenters. The summed E-state index contributed by atoms with van der Waals surface area (Å²) in [4.78, 5) is 15.8. The van der Waals surface area contributed by atoms with Crippen molar-refractivity contribution < 1.29 is 4.79 Å². The van der Waals surface area contributed by atoms with E-state index < -0.39 is 0 Å². The molecule has 1 aromatic rings. The van der Waals surface area contributed by atoms with E-state index in [-0.39, 0.29) is 11.3 Å². The van der Waals surface area contributed by atoms with Crippen LogP contribution in [0.2, 0.25) is 0 Å². The number of nitrogens with zero attached hydrogens (tertiary/aromatic N) is 1. The third kappa shape index (κ3) is 4.95. The van der Waals surface area contributed by atoms with Crippen molar-refractivity contribution in [2.45, 2.75) is 33.7 Å². The van der Waals surface area contributed by atoms with Crippen LogP contribution < -0.4 is 11.1 Å². The van der Waals surface area contributed by atoms with Gasteiger partial charge >= 0.3 is 0 Å². The van der Waals surface area contributed by atoms with Crippen LogP contribution in [0.25, 0.3) is 0 Å². The second-order valence-electron chi connectivity index (χ2n) is 5.32. The molecule has 4 nitrogen and oxygen atoms in total. The molecule has 0 saturated heterocycles. The van der Waals surface area contributed by atoms with Crippen molar-refractivity contribution in [3.8, 4) is 0 Å². The van der Waals surface area contributed by atoms with Crippen LogP contribution in [-0.4, -0.2) is 17.4 Å². The molecule has 3 N–H and O–H groups in total. The van der Waals surface area contributed by atoms with Gasteiger partial charge in [-0.2, -0.15) is 0 Å². The number of carbonyl (C=O) groups is 1. The van der Waals surface area contributed by atoms with Gasteiger partial charge in [0.2, 0.25) is 0 Å². The van der Waals surface area contributed by atoms with Crippen molar-refractivity contribution in [2.24, 2.45) is 11.1 Å². The first-order valence-corrected chi connectivity index (χ1v) is 5.85. The van der Waals surface area contributed by atoms with Crippen molar-refractivity contribution in [1.82, 2.24) is 10.3 Å². The molecule has 0 unspecified atom stereocenters. The van der Waals surface area contributed by atoms with Crippen LogP contribution in [0.15, 0.2) is 18.3 Å². The van der Waals surface area contributed by atoms with Crippen LogP contribution in [0.5, 0.6) is 0 Å². The molecule has 0 spiro atoms. The second-order valence-corrected chi connectivity index (χ2v) is 5.32. The van der Waals surface area contributed by atoms with Crippen LogP contribution in [0.3, 0.4) is 0 Å². The molecule has 0 bridgehead atoms. The lowest BCUT2D eigenvalue weighted by Crippen LogP contribution is -2.27. The van der Waals surface area contributed by atoms with Crippen molar-refractivity contribution in [3.63, 3.8) is 0 Å². The molecule has 1 amide bonds. The first-order chi connectivity index (χ1) is 7.92. The molecular formula is C13H21N3O. The topological polar surface area (TPSA) is 68.0 Å². The summed E-state index contributed by atoms with van der Waals surface area (Å²) >= 11 is 0. The Morgan fingerprint density at radius 1 is 1.41 bits per heavy atom. The van der Waals surface area contributed by atoms with Gasteiger partial charge in [0.05, 0.1) is 0 Å². The maximum atomic E-state index is 11.7. The number of hydrogen-bond donors (Lipinski definition) is 2. The Morgan fingerprint density at radius 2 is 2.12 bits per heavy atom. The van der Waals surface area contributed by atoms with Crippen LogP contribution >= 0.6 is 0 Å². The Balaban J connectivity index is 2.47.